The molecule has 0 aliphatic rings. The summed E-state index contributed by atoms with van der Waals surface area (Å²) in [6.45, 7) is 3.29. The van der Waals surface area contributed by atoms with Crippen molar-refractivity contribution in [3.63, 3.8) is 0 Å². The van der Waals surface area contributed by atoms with Gasteiger partial charge in [0.05, 0.1) is 10.9 Å². The minimum atomic E-state index is -0.403. The molecule has 27 heavy (non-hydrogen) atoms. The summed E-state index contributed by atoms with van der Waals surface area (Å²) in [7, 11) is 0. The lowest BCUT2D eigenvalue weighted by atomic mass is 10.1. The number of carbonyl (C=O) groups is 2. The maximum absolute atomic E-state index is 12.5. The quantitative estimate of drug-likeness (QED) is 0.494. The molecule has 6 nitrogen and oxygen atoms in total. The number of hydrogen-bond donors (Lipinski definition) is 1. The van der Waals surface area contributed by atoms with Gasteiger partial charge in [-0.25, -0.2) is 0 Å². The van der Waals surface area contributed by atoms with Gasteiger partial charge in [-0.3, -0.25) is 14.2 Å². The zero-order valence-corrected chi connectivity index (χ0v) is 16.3. The van der Waals surface area contributed by atoms with Crippen LogP contribution in [0.2, 0.25) is 5.02 Å². The lowest BCUT2D eigenvalue weighted by Crippen LogP contribution is -2.22. The number of thioether (sulfide) groups is 1. The fourth-order valence-corrected chi connectivity index (χ4v) is 3.38. The van der Waals surface area contributed by atoms with Crippen molar-refractivity contribution >= 4 is 40.7 Å². The van der Waals surface area contributed by atoms with E-state index in [1.165, 1.54) is 18.7 Å². The monoisotopic (exact) mass is 400 g/mol. The molecule has 0 aliphatic carbocycles. The van der Waals surface area contributed by atoms with Gasteiger partial charge in [-0.1, -0.05) is 29.4 Å². The average Bonchev–Trinajstić information content (AvgIpc) is 3.10. The highest BCUT2D eigenvalue weighted by Gasteiger charge is 2.19. The van der Waals surface area contributed by atoms with Crippen molar-refractivity contribution in [1.29, 1.82) is 0 Å². The fourth-order valence-electron chi connectivity index (χ4n) is 2.35. The Morgan fingerprint density at radius 3 is 2.59 bits per heavy atom. The maximum atomic E-state index is 12.5. The van der Waals surface area contributed by atoms with Gasteiger partial charge in [0.1, 0.15) is 6.33 Å². The zero-order valence-electron chi connectivity index (χ0n) is 14.7. The SMILES string of the molecule is CC(=O)c1ccc(NC(=O)C(C)Sc2nncn2-c2cccc(Cl)c2)cc1. The van der Waals surface area contributed by atoms with E-state index in [1.807, 2.05) is 12.1 Å². The standard InChI is InChI=1S/C19H17ClN4O2S/c1-12(25)14-6-8-16(9-7-14)22-18(26)13(2)27-19-23-21-11-24(19)17-5-3-4-15(20)10-17/h3-11,13H,1-2H3,(H,22,26). The molecule has 1 atom stereocenters. The molecular formula is C19H17ClN4O2S. The molecular weight excluding hydrogens is 384 g/mol. The van der Waals surface area contributed by atoms with Gasteiger partial charge in [0.15, 0.2) is 10.9 Å². The number of rotatable bonds is 6. The van der Waals surface area contributed by atoms with Gasteiger partial charge in [-0.2, -0.15) is 0 Å². The van der Waals surface area contributed by atoms with E-state index in [0.717, 1.165) is 5.69 Å². The molecule has 0 radical (unpaired) electrons. The lowest BCUT2D eigenvalue weighted by Gasteiger charge is -2.13. The number of Topliss-reactive ketones (excluding diaryl/α,β-unsaturated/α-hetero) is 1. The second-order valence-corrected chi connectivity index (χ2v) is 7.59. The Kier molecular flexibility index (Phi) is 5.93. The second-order valence-electron chi connectivity index (χ2n) is 5.85. The molecule has 0 saturated carbocycles. The van der Waals surface area contributed by atoms with Crippen LogP contribution in [0.5, 0.6) is 0 Å². The number of anilines is 1. The van der Waals surface area contributed by atoms with Crippen molar-refractivity contribution in [3.05, 3.63) is 65.4 Å². The molecule has 3 rings (SSSR count). The predicted octanol–water partition coefficient (Wildman–Crippen LogP) is 4.24. The third-order valence-electron chi connectivity index (χ3n) is 3.81. The number of nitrogens with one attached hydrogen (secondary N) is 1. The Morgan fingerprint density at radius 1 is 1.19 bits per heavy atom. The van der Waals surface area contributed by atoms with Gasteiger partial charge in [-0.15, -0.1) is 10.2 Å². The van der Waals surface area contributed by atoms with Crippen molar-refractivity contribution < 1.29 is 9.59 Å². The average molecular weight is 401 g/mol. The van der Waals surface area contributed by atoms with Crippen LogP contribution in [-0.4, -0.2) is 31.7 Å². The molecule has 0 saturated heterocycles. The van der Waals surface area contributed by atoms with Crippen LogP contribution < -0.4 is 5.32 Å². The largest absolute Gasteiger partial charge is 0.325 e. The summed E-state index contributed by atoms with van der Waals surface area (Å²) in [6.07, 6.45) is 1.58. The molecule has 0 aliphatic heterocycles. The Hall–Kier alpha value is -2.64. The van der Waals surface area contributed by atoms with E-state index in [-0.39, 0.29) is 11.7 Å². The summed E-state index contributed by atoms with van der Waals surface area (Å²) in [4.78, 5) is 23.8. The van der Waals surface area contributed by atoms with E-state index >= 15 is 0 Å². The summed E-state index contributed by atoms with van der Waals surface area (Å²) in [6, 6.07) is 14.1. The van der Waals surface area contributed by atoms with E-state index in [1.54, 1.807) is 54.2 Å². The highest BCUT2D eigenvalue weighted by atomic mass is 35.5. The number of aromatic nitrogens is 3. The molecule has 1 amide bonds. The van der Waals surface area contributed by atoms with Gasteiger partial charge in [0.2, 0.25) is 5.91 Å². The minimum Gasteiger partial charge on any atom is -0.325 e. The first-order valence-corrected chi connectivity index (χ1v) is 9.44. The smallest absolute Gasteiger partial charge is 0.237 e. The molecule has 138 valence electrons. The zero-order chi connectivity index (χ0) is 19.4. The number of ketones is 1. The molecule has 1 unspecified atom stereocenters. The van der Waals surface area contributed by atoms with Gasteiger partial charge in [-0.05, 0) is 56.3 Å². The highest BCUT2D eigenvalue weighted by molar-refractivity contribution is 8.00. The van der Waals surface area contributed by atoms with E-state index < -0.39 is 5.25 Å². The Labute approximate surface area is 165 Å². The van der Waals surface area contributed by atoms with Gasteiger partial charge < -0.3 is 5.32 Å². The van der Waals surface area contributed by atoms with Gasteiger partial charge in [0, 0.05) is 16.3 Å². The lowest BCUT2D eigenvalue weighted by molar-refractivity contribution is -0.115. The van der Waals surface area contributed by atoms with Gasteiger partial charge >= 0.3 is 0 Å². The number of nitrogens with zero attached hydrogens (tertiary/aromatic N) is 3. The third-order valence-corrected chi connectivity index (χ3v) is 5.11. The summed E-state index contributed by atoms with van der Waals surface area (Å²) >= 11 is 7.34. The first-order valence-electron chi connectivity index (χ1n) is 8.18. The van der Waals surface area contributed by atoms with Crippen LogP contribution in [0.15, 0.2) is 60.0 Å². The Balaban J connectivity index is 1.69. The van der Waals surface area contributed by atoms with E-state index in [0.29, 0.717) is 21.4 Å². The van der Waals surface area contributed by atoms with Crippen molar-refractivity contribution in [3.8, 4) is 5.69 Å². The molecule has 0 fully saturated rings. The van der Waals surface area contributed by atoms with Crippen LogP contribution >= 0.6 is 23.4 Å². The van der Waals surface area contributed by atoms with Gasteiger partial charge in [0.25, 0.3) is 0 Å². The van der Waals surface area contributed by atoms with Crippen molar-refractivity contribution in [1.82, 2.24) is 14.8 Å². The fraction of sp³-hybridized carbons (Fsp3) is 0.158. The topological polar surface area (TPSA) is 76.9 Å². The molecule has 0 bridgehead atoms. The highest BCUT2D eigenvalue weighted by Crippen LogP contribution is 2.25. The van der Waals surface area contributed by atoms with Crippen molar-refractivity contribution in [2.24, 2.45) is 0 Å². The summed E-state index contributed by atoms with van der Waals surface area (Å²) in [5.41, 5.74) is 2.06. The van der Waals surface area contributed by atoms with Crippen LogP contribution in [-0.2, 0) is 4.79 Å². The first-order chi connectivity index (χ1) is 12.9. The predicted molar refractivity (Wildman–Crippen MR) is 107 cm³/mol. The van der Waals surface area contributed by atoms with Crippen LogP contribution in [0, 0.1) is 0 Å². The maximum Gasteiger partial charge on any atom is 0.237 e. The normalized spacial score (nSPS) is 11.8. The van der Waals surface area contributed by atoms with Crippen molar-refractivity contribution in [2.45, 2.75) is 24.3 Å². The number of hydrogen-bond acceptors (Lipinski definition) is 5. The van der Waals surface area contributed by atoms with E-state index in [4.69, 9.17) is 11.6 Å². The molecule has 1 heterocycles. The summed E-state index contributed by atoms with van der Waals surface area (Å²) in [5.74, 6) is -0.187. The second kappa shape index (κ2) is 8.37. The summed E-state index contributed by atoms with van der Waals surface area (Å²) in [5, 5.41) is 11.7. The van der Waals surface area contributed by atoms with Crippen LogP contribution in [0.25, 0.3) is 5.69 Å². The van der Waals surface area contributed by atoms with E-state index in [2.05, 4.69) is 15.5 Å². The number of carbonyl (C=O) groups excluding carboxylic acids is 2. The minimum absolute atomic E-state index is 0.0165. The third kappa shape index (κ3) is 4.75. The van der Waals surface area contributed by atoms with E-state index in [9.17, 15) is 9.59 Å². The molecule has 1 aromatic heterocycles. The van der Waals surface area contributed by atoms with Crippen LogP contribution in [0.1, 0.15) is 24.2 Å². The molecule has 2 aromatic carbocycles. The number of benzene rings is 2. The van der Waals surface area contributed by atoms with Crippen molar-refractivity contribution in [2.75, 3.05) is 5.32 Å². The van der Waals surface area contributed by atoms with Crippen LogP contribution in [0.3, 0.4) is 0 Å². The molecule has 1 N–H and O–H groups in total. The van der Waals surface area contributed by atoms with Crippen LogP contribution in [0.4, 0.5) is 5.69 Å². The first kappa shape index (κ1) is 19.1. The Morgan fingerprint density at radius 2 is 1.93 bits per heavy atom. The molecule has 3 aromatic rings. The Bertz CT molecular complexity index is 972. The summed E-state index contributed by atoms with van der Waals surface area (Å²) < 4.78 is 1.78. The number of halogens is 1. The molecule has 8 heteroatoms. The molecule has 0 spiro atoms. The number of amides is 1.